The quantitative estimate of drug-likeness (QED) is 0.812. The predicted octanol–water partition coefficient (Wildman–Crippen LogP) is 2.29. The van der Waals surface area contributed by atoms with Crippen LogP contribution in [0, 0.1) is 0 Å². The van der Waals surface area contributed by atoms with Crippen LogP contribution in [0.3, 0.4) is 0 Å². The number of anilines is 1. The molecular formula is C9H13NO2S. The van der Waals surface area contributed by atoms with E-state index < -0.39 is 5.97 Å². The molecule has 0 aliphatic carbocycles. The SMILES string of the molecule is CC(C)N(C)c1csc(C(=O)O)c1. The van der Waals surface area contributed by atoms with Crippen molar-refractivity contribution in [1.82, 2.24) is 0 Å². The van der Waals surface area contributed by atoms with Gasteiger partial charge in [-0.05, 0) is 19.9 Å². The molecule has 0 unspecified atom stereocenters. The molecule has 0 radical (unpaired) electrons. The molecule has 0 bridgehead atoms. The smallest absolute Gasteiger partial charge is 0.345 e. The Kier molecular flexibility index (Phi) is 2.93. The lowest BCUT2D eigenvalue weighted by Gasteiger charge is -2.21. The lowest BCUT2D eigenvalue weighted by molar-refractivity contribution is 0.0702. The number of carboxylic acid groups (broad SMARTS) is 1. The fraction of sp³-hybridized carbons (Fsp3) is 0.444. The average molecular weight is 199 g/mol. The van der Waals surface area contributed by atoms with E-state index in [1.165, 1.54) is 11.3 Å². The number of aromatic carboxylic acids is 1. The van der Waals surface area contributed by atoms with Gasteiger partial charge in [-0.25, -0.2) is 4.79 Å². The third kappa shape index (κ3) is 2.21. The maximum atomic E-state index is 10.6. The zero-order chi connectivity index (χ0) is 10.0. The van der Waals surface area contributed by atoms with E-state index in [-0.39, 0.29) is 0 Å². The minimum atomic E-state index is -0.853. The van der Waals surface area contributed by atoms with Crippen LogP contribution in [0.25, 0.3) is 0 Å². The molecule has 1 N–H and O–H groups in total. The maximum Gasteiger partial charge on any atom is 0.345 e. The Bertz CT molecular complexity index is 306. The largest absolute Gasteiger partial charge is 0.477 e. The van der Waals surface area contributed by atoms with Crippen molar-refractivity contribution in [3.05, 3.63) is 16.3 Å². The molecule has 0 amide bonds. The summed E-state index contributed by atoms with van der Waals surface area (Å²) in [6.07, 6.45) is 0. The highest BCUT2D eigenvalue weighted by molar-refractivity contribution is 7.12. The van der Waals surface area contributed by atoms with Crippen molar-refractivity contribution >= 4 is 23.0 Å². The summed E-state index contributed by atoms with van der Waals surface area (Å²) in [5.74, 6) is -0.853. The molecule has 0 atom stereocenters. The molecule has 0 aliphatic rings. The monoisotopic (exact) mass is 199 g/mol. The Balaban J connectivity index is 2.85. The van der Waals surface area contributed by atoms with Gasteiger partial charge in [0.25, 0.3) is 0 Å². The fourth-order valence-electron chi connectivity index (χ4n) is 0.921. The first kappa shape index (κ1) is 10.1. The van der Waals surface area contributed by atoms with Crippen LogP contribution in [-0.2, 0) is 0 Å². The number of carboxylic acids is 1. The Labute approximate surface area is 81.6 Å². The Morgan fingerprint density at radius 3 is 2.62 bits per heavy atom. The second-order valence-corrected chi connectivity index (χ2v) is 4.09. The zero-order valence-corrected chi connectivity index (χ0v) is 8.76. The summed E-state index contributed by atoms with van der Waals surface area (Å²) >= 11 is 1.26. The molecule has 13 heavy (non-hydrogen) atoms. The van der Waals surface area contributed by atoms with Crippen LogP contribution >= 0.6 is 11.3 Å². The highest BCUT2D eigenvalue weighted by atomic mass is 32.1. The van der Waals surface area contributed by atoms with Gasteiger partial charge in [0.05, 0.1) is 0 Å². The van der Waals surface area contributed by atoms with Crippen molar-refractivity contribution in [2.24, 2.45) is 0 Å². The van der Waals surface area contributed by atoms with Crippen molar-refractivity contribution in [3.8, 4) is 0 Å². The van der Waals surface area contributed by atoms with Gasteiger partial charge in [0.2, 0.25) is 0 Å². The van der Waals surface area contributed by atoms with Crippen LogP contribution in [-0.4, -0.2) is 24.2 Å². The topological polar surface area (TPSA) is 40.5 Å². The summed E-state index contributed by atoms with van der Waals surface area (Å²) in [6.45, 7) is 4.14. The predicted molar refractivity (Wildman–Crippen MR) is 54.8 cm³/mol. The molecule has 3 nitrogen and oxygen atoms in total. The summed E-state index contributed by atoms with van der Waals surface area (Å²) in [4.78, 5) is 13.0. The number of hydrogen-bond acceptors (Lipinski definition) is 3. The highest BCUT2D eigenvalue weighted by Crippen LogP contribution is 2.23. The summed E-state index contributed by atoms with van der Waals surface area (Å²) in [6, 6.07) is 2.09. The van der Waals surface area contributed by atoms with E-state index in [0.717, 1.165) is 5.69 Å². The second kappa shape index (κ2) is 3.79. The van der Waals surface area contributed by atoms with Gasteiger partial charge in [0, 0.05) is 24.2 Å². The highest BCUT2D eigenvalue weighted by Gasteiger charge is 2.10. The summed E-state index contributed by atoms with van der Waals surface area (Å²) in [5.41, 5.74) is 0.970. The first-order valence-corrected chi connectivity index (χ1v) is 4.95. The summed E-state index contributed by atoms with van der Waals surface area (Å²) in [5, 5.41) is 10.6. The van der Waals surface area contributed by atoms with Crippen LogP contribution in [0.15, 0.2) is 11.4 Å². The molecule has 1 aromatic rings. The summed E-state index contributed by atoms with van der Waals surface area (Å²) < 4.78 is 0. The summed E-state index contributed by atoms with van der Waals surface area (Å²) in [7, 11) is 1.96. The van der Waals surface area contributed by atoms with Gasteiger partial charge in [0.15, 0.2) is 0 Å². The van der Waals surface area contributed by atoms with Crippen molar-refractivity contribution in [3.63, 3.8) is 0 Å². The van der Waals surface area contributed by atoms with E-state index in [2.05, 4.69) is 13.8 Å². The van der Waals surface area contributed by atoms with E-state index in [9.17, 15) is 4.79 Å². The van der Waals surface area contributed by atoms with Gasteiger partial charge in [-0.15, -0.1) is 11.3 Å². The van der Waals surface area contributed by atoms with Gasteiger partial charge < -0.3 is 10.0 Å². The van der Waals surface area contributed by atoms with E-state index in [0.29, 0.717) is 10.9 Å². The molecule has 4 heteroatoms. The molecule has 0 fully saturated rings. The van der Waals surface area contributed by atoms with Gasteiger partial charge in [-0.2, -0.15) is 0 Å². The molecule has 0 saturated carbocycles. The lowest BCUT2D eigenvalue weighted by atomic mass is 10.3. The van der Waals surface area contributed by atoms with Crippen LogP contribution < -0.4 is 4.90 Å². The number of hydrogen-bond donors (Lipinski definition) is 1. The molecule has 1 rings (SSSR count). The lowest BCUT2D eigenvalue weighted by Crippen LogP contribution is -2.24. The second-order valence-electron chi connectivity index (χ2n) is 3.18. The number of rotatable bonds is 3. The van der Waals surface area contributed by atoms with Crippen molar-refractivity contribution in [2.75, 3.05) is 11.9 Å². The molecule has 0 aromatic carbocycles. The van der Waals surface area contributed by atoms with Gasteiger partial charge in [-0.1, -0.05) is 0 Å². The Morgan fingerprint density at radius 1 is 1.62 bits per heavy atom. The van der Waals surface area contributed by atoms with Crippen LogP contribution in [0.1, 0.15) is 23.5 Å². The molecule has 1 heterocycles. The van der Waals surface area contributed by atoms with Crippen LogP contribution in [0.2, 0.25) is 0 Å². The first-order chi connectivity index (χ1) is 6.02. The number of carbonyl (C=O) groups is 1. The Hall–Kier alpha value is -1.03. The van der Waals surface area contributed by atoms with Gasteiger partial charge in [0.1, 0.15) is 4.88 Å². The van der Waals surface area contributed by atoms with E-state index in [1.54, 1.807) is 6.07 Å². The minimum Gasteiger partial charge on any atom is -0.477 e. The van der Waals surface area contributed by atoms with E-state index >= 15 is 0 Å². The normalized spacial score (nSPS) is 10.5. The van der Waals surface area contributed by atoms with E-state index in [4.69, 9.17) is 5.11 Å². The number of thiophene rings is 1. The molecule has 72 valence electrons. The van der Waals surface area contributed by atoms with Crippen molar-refractivity contribution in [2.45, 2.75) is 19.9 Å². The van der Waals surface area contributed by atoms with Crippen LogP contribution in [0.5, 0.6) is 0 Å². The molecule has 0 spiro atoms. The first-order valence-electron chi connectivity index (χ1n) is 4.07. The van der Waals surface area contributed by atoms with Gasteiger partial charge >= 0.3 is 5.97 Å². The molecular weight excluding hydrogens is 186 g/mol. The third-order valence-electron chi connectivity index (χ3n) is 1.98. The maximum absolute atomic E-state index is 10.6. The fourth-order valence-corrected chi connectivity index (χ4v) is 1.69. The minimum absolute atomic E-state index is 0.385. The Morgan fingerprint density at radius 2 is 2.23 bits per heavy atom. The van der Waals surface area contributed by atoms with E-state index in [1.807, 2.05) is 17.3 Å². The third-order valence-corrected chi connectivity index (χ3v) is 2.88. The standard InChI is InChI=1S/C9H13NO2S/c1-6(2)10(3)7-4-8(9(11)12)13-5-7/h4-6H,1-3H3,(H,11,12). The average Bonchev–Trinajstić information content (AvgIpc) is 2.50. The molecule has 0 saturated heterocycles. The molecule has 0 aliphatic heterocycles. The number of nitrogens with zero attached hydrogens (tertiary/aromatic N) is 1. The zero-order valence-electron chi connectivity index (χ0n) is 7.94. The van der Waals surface area contributed by atoms with Crippen molar-refractivity contribution in [1.29, 1.82) is 0 Å². The van der Waals surface area contributed by atoms with Gasteiger partial charge in [-0.3, -0.25) is 0 Å². The van der Waals surface area contributed by atoms with Crippen LogP contribution in [0.4, 0.5) is 5.69 Å². The molecule has 1 aromatic heterocycles. The van der Waals surface area contributed by atoms with Crippen molar-refractivity contribution < 1.29 is 9.90 Å².